The Morgan fingerprint density at radius 3 is 2.13 bits per heavy atom. The van der Waals surface area contributed by atoms with Gasteiger partial charge in [-0.3, -0.25) is 4.99 Å². The van der Waals surface area contributed by atoms with Crippen molar-refractivity contribution in [2.75, 3.05) is 7.05 Å². The van der Waals surface area contributed by atoms with E-state index in [1.165, 1.54) is 0 Å². The highest BCUT2D eigenvalue weighted by Crippen LogP contribution is 2.39. The van der Waals surface area contributed by atoms with Crippen molar-refractivity contribution >= 4 is 5.84 Å². The highest BCUT2D eigenvalue weighted by Gasteiger charge is 2.41. The molecule has 15 heavy (non-hydrogen) atoms. The third kappa shape index (κ3) is 3.09. The molecule has 0 aliphatic heterocycles. The average Bonchev–Trinajstić information content (AvgIpc) is 2.19. The number of halogens is 3. The van der Waals surface area contributed by atoms with E-state index in [1.807, 2.05) is 0 Å². The maximum Gasteiger partial charge on any atom is 0.391 e. The molecule has 0 amide bonds. The summed E-state index contributed by atoms with van der Waals surface area (Å²) in [5, 5.41) is 0. The molecule has 1 aliphatic carbocycles. The molecule has 0 unspecified atom stereocenters. The number of amidine groups is 1. The molecule has 3 nitrogen and oxygen atoms in total. The monoisotopic (exact) mass is 223 g/mol. The van der Waals surface area contributed by atoms with Crippen molar-refractivity contribution < 1.29 is 13.2 Å². The molecule has 1 rings (SSSR count). The quantitative estimate of drug-likeness (QED) is 0.308. The van der Waals surface area contributed by atoms with Crippen LogP contribution in [-0.2, 0) is 0 Å². The van der Waals surface area contributed by atoms with E-state index in [4.69, 9.17) is 5.84 Å². The van der Waals surface area contributed by atoms with Gasteiger partial charge in [0.25, 0.3) is 0 Å². The fourth-order valence-corrected chi connectivity index (χ4v) is 2.06. The lowest BCUT2D eigenvalue weighted by Gasteiger charge is -2.30. The molecule has 88 valence electrons. The highest BCUT2D eigenvalue weighted by atomic mass is 19.4. The smallest absolute Gasteiger partial charge is 0.312 e. The Labute approximate surface area is 86.9 Å². The zero-order valence-electron chi connectivity index (χ0n) is 8.64. The Bertz CT molecular complexity index is 229. The van der Waals surface area contributed by atoms with Crippen LogP contribution in [0.2, 0.25) is 0 Å². The van der Waals surface area contributed by atoms with Crippen molar-refractivity contribution in [3.05, 3.63) is 0 Å². The third-order valence-corrected chi connectivity index (χ3v) is 2.97. The fraction of sp³-hybridized carbons (Fsp3) is 0.889. The van der Waals surface area contributed by atoms with Gasteiger partial charge in [-0.15, -0.1) is 0 Å². The molecule has 0 heterocycles. The van der Waals surface area contributed by atoms with E-state index in [1.54, 1.807) is 7.05 Å². The first kappa shape index (κ1) is 12.3. The third-order valence-electron chi connectivity index (χ3n) is 2.97. The predicted octanol–water partition coefficient (Wildman–Crippen LogP) is 1.85. The van der Waals surface area contributed by atoms with Gasteiger partial charge < -0.3 is 5.43 Å². The van der Waals surface area contributed by atoms with E-state index in [-0.39, 0.29) is 18.8 Å². The highest BCUT2D eigenvalue weighted by molar-refractivity contribution is 5.83. The molecule has 0 aromatic rings. The minimum absolute atomic E-state index is 0.0543. The van der Waals surface area contributed by atoms with Gasteiger partial charge in [-0.1, -0.05) is 0 Å². The summed E-state index contributed by atoms with van der Waals surface area (Å²) in [4.78, 5) is 3.92. The van der Waals surface area contributed by atoms with Gasteiger partial charge in [0.1, 0.15) is 5.84 Å². The molecule has 0 aromatic heterocycles. The van der Waals surface area contributed by atoms with Crippen LogP contribution in [0.5, 0.6) is 0 Å². The van der Waals surface area contributed by atoms with E-state index >= 15 is 0 Å². The molecule has 1 fully saturated rings. The van der Waals surface area contributed by atoms with Crippen LogP contribution in [0.15, 0.2) is 4.99 Å². The molecular formula is C9H16F3N3. The van der Waals surface area contributed by atoms with Crippen LogP contribution in [0.3, 0.4) is 0 Å². The molecule has 3 N–H and O–H groups in total. The Morgan fingerprint density at radius 1 is 1.27 bits per heavy atom. The fourth-order valence-electron chi connectivity index (χ4n) is 2.06. The summed E-state index contributed by atoms with van der Waals surface area (Å²) in [6.07, 6.45) is -2.70. The van der Waals surface area contributed by atoms with Crippen molar-refractivity contribution in [1.82, 2.24) is 5.43 Å². The lowest BCUT2D eigenvalue weighted by Crippen LogP contribution is -2.39. The number of nitrogens with zero attached hydrogens (tertiary/aromatic N) is 1. The molecule has 0 spiro atoms. The lowest BCUT2D eigenvalue weighted by molar-refractivity contribution is -0.182. The Morgan fingerprint density at radius 2 is 1.80 bits per heavy atom. The molecule has 0 radical (unpaired) electrons. The Kier molecular flexibility index (Phi) is 3.96. The maximum absolute atomic E-state index is 12.4. The van der Waals surface area contributed by atoms with Crippen LogP contribution in [0.1, 0.15) is 25.7 Å². The largest absolute Gasteiger partial charge is 0.391 e. The summed E-state index contributed by atoms with van der Waals surface area (Å²) in [5.74, 6) is 4.74. The first-order valence-electron chi connectivity index (χ1n) is 4.99. The Hall–Kier alpha value is -0.780. The summed E-state index contributed by atoms with van der Waals surface area (Å²) < 4.78 is 37.1. The molecule has 0 bridgehead atoms. The van der Waals surface area contributed by atoms with Crippen LogP contribution in [0.4, 0.5) is 13.2 Å². The van der Waals surface area contributed by atoms with Crippen molar-refractivity contribution in [2.24, 2.45) is 22.7 Å². The number of hydrogen-bond donors (Lipinski definition) is 2. The number of hydrazine groups is 1. The SMILES string of the molecule is CN=C(NN)C1CCC(C(F)(F)F)CC1. The first-order chi connectivity index (χ1) is 6.99. The number of hydrogen-bond acceptors (Lipinski definition) is 2. The van der Waals surface area contributed by atoms with Gasteiger partial charge in [0.15, 0.2) is 0 Å². The minimum Gasteiger partial charge on any atom is -0.312 e. The Balaban J connectivity index is 2.49. The number of nitrogens with one attached hydrogen (secondary N) is 1. The van der Waals surface area contributed by atoms with Crippen molar-refractivity contribution in [3.8, 4) is 0 Å². The van der Waals surface area contributed by atoms with Crippen LogP contribution in [-0.4, -0.2) is 19.1 Å². The summed E-state index contributed by atoms with van der Waals surface area (Å²) in [6.45, 7) is 0. The second-order valence-corrected chi connectivity index (χ2v) is 3.84. The summed E-state index contributed by atoms with van der Waals surface area (Å²) >= 11 is 0. The number of alkyl halides is 3. The van der Waals surface area contributed by atoms with Gasteiger partial charge in [0.05, 0.1) is 5.92 Å². The van der Waals surface area contributed by atoms with Gasteiger partial charge in [0.2, 0.25) is 0 Å². The van der Waals surface area contributed by atoms with Gasteiger partial charge in [0, 0.05) is 13.0 Å². The van der Waals surface area contributed by atoms with Gasteiger partial charge in [-0.05, 0) is 25.7 Å². The lowest BCUT2D eigenvalue weighted by atomic mass is 9.81. The van der Waals surface area contributed by atoms with Crippen molar-refractivity contribution in [3.63, 3.8) is 0 Å². The predicted molar refractivity (Wildman–Crippen MR) is 52.2 cm³/mol. The topological polar surface area (TPSA) is 50.4 Å². The van der Waals surface area contributed by atoms with E-state index in [0.717, 1.165) is 0 Å². The minimum atomic E-state index is -4.05. The summed E-state index contributed by atoms with van der Waals surface area (Å²) in [6, 6.07) is 0. The maximum atomic E-state index is 12.4. The van der Waals surface area contributed by atoms with Gasteiger partial charge in [-0.2, -0.15) is 13.2 Å². The van der Waals surface area contributed by atoms with Crippen LogP contribution < -0.4 is 11.3 Å². The zero-order valence-corrected chi connectivity index (χ0v) is 8.64. The van der Waals surface area contributed by atoms with Gasteiger partial charge >= 0.3 is 6.18 Å². The van der Waals surface area contributed by atoms with Crippen LogP contribution in [0.25, 0.3) is 0 Å². The summed E-state index contributed by atoms with van der Waals surface area (Å²) in [5.41, 5.74) is 2.44. The van der Waals surface area contributed by atoms with Crippen LogP contribution in [0, 0.1) is 11.8 Å². The van der Waals surface area contributed by atoms with E-state index in [0.29, 0.717) is 18.7 Å². The van der Waals surface area contributed by atoms with E-state index in [9.17, 15) is 13.2 Å². The molecule has 6 heteroatoms. The number of rotatable bonds is 1. The van der Waals surface area contributed by atoms with Crippen molar-refractivity contribution in [2.45, 2.75) is 31.9 Å². The molecule has 0 atom stereocenters. The molecule has 0 saturated heterocycles. The van der Waals surface area contributed by atoms with E-state index < -0.39 is 12.1 Å². The molecule has 1 aliphatic rings. The molecule has 0 aromatic carbocycles. The number of nitrogens with two attached hydrogens (primary N) is 1. The summed E-state index contributed by atoms with van der Waals surface area (Å²) in [7, 11) is 1.59. The number of aliphatic imine (C=N–C) groups is 1. The van der Waals surface area contributed by atoms with Crippen molar-refractivity contribution in [1.29, 1.82) is 0 Å². The zero-order chi connectivity index (χ0) is 11.5. The average molecular weight is 223 g/mol. The standard InChI is InChI=1S/C9H16F3N3/c1-14-8(15-13)6-2-4-7(5-3-6)9(10,11)12/h6-7H,2-5,13H2,1H3,(H,14,15). The second kappa shape index (κ2) is 4.83. The molecule has 1 saturated carbocycles. The molecular weight excluding hydrogens is 207 g/mol. The first-order valence-corrected chi connectivity index (χ1v) is 4.99. The second-order valence-electron chi connectivity index (χ2n) is 3.84. The van der Waals surface area contributed by atoms with Crippen LogP contribution >= 0.6 is 0 Å². The van der Waals surface area contributed by atoms with Gasteiger partial charge in [-0.25, -0.2) is 5.84 Å². The normalized spacial score (nSPS) is 29.0. The van der Waals surface area contributed by atoms with E-state index in [2.05, 4.69) is 10.4 Å².